The van der Waals surface area contributed by atoms with Crippen molar-refractivity contribution in [1.29, 1.82) is 0 Å². The first kappa shape index (κ1) is 15.2. The predicted molar refractivity (Wildman–Crippen MR) is 49.1 cm³/mol. The number of halogens is 3. The minimum absolute atomic E-state index is 0.0294. The topological polar surface area (TPSA) is 83.5 Å². The molecule has 0 aromatic rings. The van der Waals surface area contributed by atoms with E-state index in [1.165, 1.54) is 11.6 Å². The van der Waals surface area contributed by atoms with Crippen molar-refractivity contribution in [3.8, 4) is 0 Å². The second-order valence-corrected chi connectivity index (χ2v) is 4.96. The van der Waals surface area contributed by atoms with Gasteiger partial charge >= 0.3 is 21.5 Å². The van der Waals surface area contributed by atoms with Crippen molar-refractivity contribution in [2.75, 3.05) is 0 Å². The number of aliphatic carboxylic acids is 1. The number of carboxylic acid groups (broad SMARTS) is 1. The number of alkyl halides is 3. The molecule has 9 heteroatoms. The van der Waals surface area contributed by atoms with Crippen LogP contribution in [0.15, 0.2) is 0 Å². The maximum atomic E-state index is 11.9. The van der Waals surface area contributed by atoms with Gasteiger partial charge in [0.2, 0.25) is 0 Å². The highest BCUT2D eigenvalue weighted by Crippen LogP contribution is 2.22. The molecule has 2 N–H and O–H groups in total. The molecule has 0 rings (SSSR count). The molecule has 0 spiro atoms. The molecular weight excluding hydrogens is 251 g/mol. The average molecular weight is 263 g/mol. The standard InChI is InChI=1S/C7H12F3NO4S/c1-5(3-2-4-6(12)13)11-16(14,15)7(8,9)10/h5,11H,2-4H2,1H3,(H,12,13). The van der Waals surface area contributed by atoms with E-state index in [2.05, 4.69) is 0 Å². The number of sulfonamides is 1. The number of carbonyl (C=O) groups is 1. The quantitative estimate of drug-likeness (QED) is 0.750. The molecule has 5 nitrogen and oxygen atoms in total. The molecule has 0 saturated heterocycles. The molecule has 0 aliphatic carbocycles. The van der Waals surface area contributed by atoms with Crippen molar-refractivity contribution in [3.63, 3.8) is 0 Å². The van der Waals surface area contributed by atoms with E-state index < -0.39 is 27.5 Å². The van der Waals surface area contributed by atoms with Crippen molar-refractivity contribution < 1.29 is 31.5 Å². The van der Waals surface area contributed by atoms with Gasteiger partial charge in [0.25, 0.3) is 0 Å². The molecule has 0 saturated carbocycles. The summed E-state index contributed by atoms with van der Waals surface area (Å²) in [5, 5.41) is 8.27. The molecule has 0 amide bonds. The van der Waals surface area contributed by atoms with Gasteiger partial charge < -0.3 is 5.11 Å². The summed E-state index contributed by atoms with van der Waals surface area (Å²) in [6.45, 7) is 1.24. The fraction of sp³-hybridized carbons (Fsp3) is 0.857. The van der Waals surface area contributed by atoms with Gasteiger partial charge in [-0.2, -0.15) is 13.2 Å². The third-order valence-electron chi connectivity index (χ3n) is 1.69. The Kier molecular flexibility index (Phi) is 5.20. The Balaban J connectivity index is 4.16. The molecule has 1 atom stereocenters. The highest BCUT2D eigenvalue weighted by Gasteiger charge is 2.46. The summed E-state index contributed by atoms with van der Waals surface area (Å²) >= 11 is 0. The van der Waals surface area contributed by atoms with E-state index in [1.54, 1.807) is 0 Å². The molecule has 0 fully saturated rings. The Morgan fingerprint density at radius 1 is 1.44 bits per heavy atom. The number of nitrogens with one attached hydrogen (secondary N) is 1. The van der Waals surface area contributed by atoms with Crippen LogP contribution in [-0.4, -0.2) is 31.0 Å². The average Bonchev–Trinajstić information content (AvgIpc) is 1.99. The van der Waals surface area contributed by atoms with E-state index in [0.717, 1.165) is 0 Å². The van der Waals surface area contributed by atoms with Crippen LogP contribution in [0, 0.1) is 0 Å². The van der Waals surface area contributed by atoms with Gasteiger partial charge in [-0.25, -0.2) is 13.1 Å². The second kappa shape index (κ2) is 5.48. The molecule has 0 bridgehead atoms. The normalized spacial score (nSPS) is 14.8. The van der Waals surface area contributed by atoms with Gasteiger partial charge in [0.15, 0.2) is 0 Å². The first-order valence-corrected chi connectivity index (χ1v) is 5.85. The molecule has 0 aliphatic rings. The predicted octanol–water partition coefficient (Wildman–Crippen LogP) is 1.07. The second-order valence-electron chi connectivity index (χ2n) is 3.25. The third kappa shape index (κ3) is 5.31. The van der Waals surface area contributed by atoms with Crippen LogP contribution in [0.2, 0.25) is 0 Å². The summed E-state index contributed by atoms with van der Waals surface area (Å²) in [7, 11) is -5.35. The van der Waals surface area contributed by atoms with E-state index in [-0.39, 0.29) is 19.3 Å². The zero-order valence-electron chi connectivity index (χ0n) is 8.41. The van der Waals surface area contributed by atoms with Gasteiger partial charge in [0.05, 0.1) is 0 Å². The Morgan fingerprint density at radius 2 is 1.94 bits per heavy atom. The smallest absolute Gasteiger partial charge is 0.481 e. The zero-order chi connectivity index (χ0) is 13.0. The Hall–Kier alpha value is -0.830. The van der Waals surface area contributed by atoms with E-state index in [4.69, 9.17) is 5.11 Å². The summed E-state index contributed by atoms with van der Waals surface area (Å²) in [5.74, 6) is -1.08. The number of carboxylic acids is 1. The van der Waals surface area contributed by atoms with Crippen molar-refractivity contribution in [3.05, 3.63) is 0 Å². The first-order valence-electron chi connectivity index (χ1n) is 4.36. The largest absolute Gasteiger partial charge is 0.511 e. The van der Waals surface area contributed by atoms with Crippen LogP contribution in [0.5, 0.6) is 0 Å². The monoisotopic (exact) mass is 263 g/mol. The van der Waals surface area contributed by atoms with Crippen molar-refractivity contribution >= 4 is 16.0 Å². The first-order chi connectivity index (χ1) is 7.06. The summed E-state index contributed by atoms with van der Waals surface area (Å²) in [5.41, 5.74) is -5.34. The lowest BCUT2D eigenvalue weighted by Gasteiger charge is -2.15. The van der Waals surface area contributed by atoms with Gasteiger partial charge in [-0.05, 0) is 19.8 Å². The van der Waals surface area contributed by atoms with Crippen LogP contribution in [0.25, 0.3) is 0 Å². The van der Waals surface area contributed by atoms with Crippen molar-refractivity contribution in [1.82, 2.24) is 4.72 Å². The Labute approximate surface area is 90.7 Å². The molecule has 0 aromatic carbocycles. The zero-order valence-corrected chi connectivity index (χ0v) is 9.23. The van der Waals surface area contributed by atoms with Crippen LogP contribution >= 0.6 is 0 Å². The van der Waals surface area contributed by atoms with Gasteiger partial charge in [0.1, 0.15) is 0 Å². The molecule has 0 aromatic heterocycles. The highest BCUT2D eigenvalue weighted by molar-refractivity contribution is 7.90. The molecule has 1 unspecified atom stereocenters. The Morgan fingerprint density at radius 3 is 2.31 bits per heavy atom. The van der Waals surface area contributed by atoms with Crippen LogP contribution in [0.3, 0.4) is 0 Å². The maximum Gasteiger partial charge on any atom is 0.511 e. The highest BCUT2D eigenvalue weighted by atomic mass is 32.2. The van der Waals surface area contributed by atoms with Crippen molar-refractivity contribution in [2.45, 2.75) is 37.7 Å². The third-order valence-corrected chi connectivity index (χ3v) is 3.01. The van der Waals surface area contributed by atoms with Crippen molar-refractivity contribution in [2.24, 2.45) is 0 Å². The fourth-order valence-corrected chi connectivity index (χ4v) is 1.73. The lowest BCUT2D eigenvalue weighted by molar-refractivity contribution is -0.137. The molecular formula is C7H12F3NO4S. The molecule has 96 valence electrons. The molecule has 0 aliphatic heterocycles. The van der Waals surface area contributed by atoms with E-state index in [0.29, 0.717) is 0 Å². The summed E-state index contributed by atoms with van der Waals surface area (Å²) < 4.78 is 58.3. The van der Waals surface area contributed by atoms with Crippen LogP contribution in [-0.2, 0) is 14.8 Å². The van der Waals surface area contributed by atoms with E-state index in [1.807, 2.05) is 0 Å². The van der Waals surface area contributed by atoms with Crippen LogP contribution < -0.4 is 4.72 Å². The van der Waals surface area contributed by atoms with Gasteiger partial charge in [-0.1, -0.05) is 0 Å². The lowest BCUT2D eigenvalue weighted by Crippen LogP contribution is -2.41. The summed E-state index contributed by atoms with van der Waals surface area (Å²) in [6, 6.07) is -0.953. The summed E-state index contributed by atoms with van der Waals surface area (Å²) in [4.78, 5) is 10.1. The Bertz CT molecular complexity index is 338. The summed E-state index contributed by atoms with van der Waals surface area (Å²) in [6.07, 6.45) is -0.0728. The lowest BCUT2D eigenvalue weighted by atomic mass is 10.1. The van der Waals surface area contributed by atoms with Gasteiger partial charge in [-0.3, -0.25) is 4.79 Å². The number of rotatable bonds is 6. The fourth-order valence-electron chi connectivity index (χ4n) is 0.950. The SMILES string of the molecule is CC(CCCC(=O)O)NS(=O)(=O)C(F)(F)F. The number of hydrogen-bond donors (Lipinski definition) is 2. The minimum Gasteiger partial charge on any atom is -0.481 e. The van der Waals surface area contributed by atoms with Crippen LogP contribution in [0.4, 0.5) is 13.2 Å². The molecule has 0 heterocycles. The molecule has 0 radical (unpaired) electrons. The van der Waals surface area contributed by atoms with E-state index >= 15 is 0 Å². The maximum absolute atomic E-state index is 11.9. The molecule has 16 heavy (non-hydrogen) atoms. The van der Waals surface area contributed by atoms with Gasteiger partial charge in [0, 0.05) is 12.5 Å². The van der Waals surface area contributed by atoms with E-state index in [9.17, 15) is 26.4 Å². The van der Waals surface area contributed by atoms with Crippen LogP contribution in [0.1, 0.15) is 26.2 Å². The number of hydrogen-bond acceptors (Lipinski definition) is 3. The minimum atomic E-state index is -5.35. The van der Waals surface area contributed by atoms with Gasteiger partial charge in [-0.15, -0.1) is 0 Å².